The summed E-state index contributed by atoms with van der Waals surface area (Å²) < 4.78 is 26.6. The Bertz CT molecular complexity index is 922. The molecule has 0 saturated heterocycles. The lowest BCUT2D eigenvalue weighted by Gasteiger charge is -2.19. The Morgan fingerprint density at radius 3 is 2.33 bits per heavy atom. The van der Waals surface area contributed by atoms with Crippen LogP contribution in [0.1, 0.15) is 24.2 Å². The molecule has 27 heavy (non-hydrogen) atoms. The number of nitrogens with zero attached hydrogens (tertiary/aromatic N) is 2. The van der Waals surface area contributed by atoms with Gasteiger partial charge in [-0.2, -0.15) is 4.31 Å². The number of nitrogens with one attached hydrogen (secondary N) is 1. The zero-order valence-corrected chi connectivity index (χ0v) is 16.7. The van der Waals surface area contributed by atoms with Gasteiger partial charge in [0.15, 0.2) is 0 Å². The van der Waals surface area contributed by atoms with E-state index in [2.05, 4.69) is 5.32 Å². The zero-order valence-electron chi connectivity index (χ0n) is 15.9. The summed E-state index contributed by atoms with van der Waals surface area (Å²) in [6, 6.07) is 10.8. The molecule has 2 rings (SSSR count). The van der Waals surface area contributed by atoms with Crippen LogP contribution in [0.3, 0.4) is 0 Å². The largest absolute Gasteiger partial charge is 0.506 e. The van der Waals surface area contributed by atoms with Gasteiger partial charge in [-0.1, -0.05) is 19.9 Å². The van der Waals surface area contributed by atoms with Crippen molar-refractivity contribution in [3.8, 4) is 5.75 Å². The number of hydrogen-bond donors (Lipinski definition) is 2. The van der Waals surface area contributed by atoms with E-state index in [9.17, 15) is 18.3 Å². The van der Waals surface area contributed by atoms with Gasteiger partial charge >= 0.3 is 0 Å². The minimum Gasteiger partial charge on any atom is -0.506 e. The van der Waals surface area contributed by atoms with Crippen molar-refractivity contribution in [1.29, 1.82) is 0 Å². The number of sulfonamides is 1. The van der Waals surface area contributed by atoms with Gasteiger partial charge in [-0.15, -0.1) is 0 Å². The van der Waals surface area contributed by atoms with Gasteiger partial charge in [0.25, 0.3) is 5.91 Å². The first-order valence-electron chi connectivity index (χ1n) is 8.62. The molecule has 2 aromatic rings. The van der Waals surface area contributed by atoms with Gasteiger partial charge in [0.1, 0.15) is 5.75 Å². The summed E-state index contributed by atoms with van der Waals surface area (Å²) in [5.74, 6) is -0.642. The van der Waals surface area contributed by atoms with E-state index >= 15 is 0 Å². The van der Waals surface area contributed by atoms with Crippen LogP contribution in [0, 0.1) is 0 Å². The molecule has 0 unspecified atom stereocenters. The molecule has 1 amide bonds. The van der Waals surface area contributed by atoms with E-state index in [1.807, 2.05) is 25.1 Å². The van der Waals surface area contributed by atoms with Crippen LogP contribution in [0.5, 0.6) is 5.75 Å². The van der Waals surface area contributed by atoms with Gasteiger partial charge in [-0.3, -0.25) is 4.79 Å². The van der Waals surface area contributed by atoms with Crippen LogP contribution in [0.25, 0.3) is 0 Å². The number of phenols is 1. The minimum absolute atomic E-state index is 0.0151. The third kappa shape index (κ3) is 4.58. The summed E-state index contributed by atoms with van der Waals surface area (Å²) in [7, 11) is 0.0363. The standard InChI is InChI=1S/C19H25N3O4S/c1-5-22(6-2)27(25,26)16-10-11-18(23)17(13-16)20-19(24)14-8-7-9-15(12-14)21(3)4/h7-13,23H,5-6H2,1-4H3,(H,20,24). The van der Waals surface area contributed by atoms with Crippen molar-refractivity contribution in [1.82, 2.24) is 4.31 Å². The van der Waals surface area contributed by atoms with Crippen LogP contribution >= 0.6 is 0 Å². The predicted octanol–water partition coefficient (Wildman–Crippen LogP) is 2.74. The summed E-state index contributed by atoms with van der Waals surface area (Å²) in [5.41, 5.74) is 1.30. The molecule has 2 N–H and O–H groups in total. The lowest BCUT2D eigenvalue weighted by molar-refractivity contribution is 0.102. The van der Waals surface area contributed by atoms with Crippen molar-refractivity contribution in [3.63, 3.8) is 0 Å². The Labute approximate surface area is 160 Å². The first-order chi connectivity index (χ1) is 12.7. The van der Waals surface area contributed by atoms with E-state index in [-0.39, 0.29) is 16.3 Å². The second-order valence-electron chi connectivity index (χ2n) is 6.17. The number of anilines is 2. The van der Waals surface area contributed by atoms with Gasteiger partial charge in [-0.05, 0) is 36.4 Å². The summed E-state index contributed by atoms with van der Waals surface area (Å²) >= 11 is 0. The molecule has 0 heterocycles. The SMILES string of the molecule is CCN(CC)S(=O)(=O)c1ccc(O)c(NC(=O)c2cccc(N(C)C)c2)c1. The number of aromatic hydroxyl groups is 1. The number of carbonyl (C=O) groups excluding carboxylic acids is 1. The summed E-state index contributed by atoms with van der Waals surface area (Å²) in [6.45, 7) is 4.17. The Hall–Kier alpha value is -2.58. The molecule has 0 aliphatic heterocycles. The smallest absolute Gasteiger partial charge is 0.255 e. The monoisotopic (exact) mass is 391 g/mol. The molecule has 0 aliphatic rings. The van der Waals surface area contributed by atoms with E-state index in [4.69, 9.17) is 0 Å². The minimum atomic E-state index is -3.69. The zero-order chi connectivity index (χ0) is 20.2. The highest BCUT2D eigenvalue weighted by molar-refractivity contribution is 7.89. The molecular weight excluding hydrogens is 366 g/mol. The van der Waals surface area contributed by atoms with Crippen LogP contribution < -0.4 is 10.2 Å². The maximum Gasteiger partial charge on any atom is 0.255 e. The molecule has 0 aromatic heterocycles. The van der Waals surface area contributed by atoms with Gasteiger partial charge in [0, 0.05) is 38.4 Å². The van der Waals surface area contributed by atoms with Crippen LogP contribution in [-0.4, -0.2) is 50.9 Å². The number of benzene rings is 2. The molecule has 0 spiro atoms. The Kier molecular flexibility index (Phi) is 6.45. The van der Waals surface area contributed by atoms with Crippen molar-refractivity contribution in [3.05, 3.63) is 48.0 Å². The molecule has 0 fully saturated rings. The highest BCUT2D eigenvalue weighted by atomic mass is 32.2. The van der Waals surface area contributed by atoms with Crippen molar-refractivity contribution >= 4 is 27.3 Å². The maximum atomic E-state index is 12.7. The molecule has 0 atom stereocenters. The molecule has 0 radical (unpaired) electrons. The topological polar surface area (TPSA) is 90.0 Å². The summed E-state index contributed by atoms with van der Waals surface area (Å²) in [4.78, 5) is 14.4. The van der Waals surface area contributed by atoms with E-state index in [1.54, 1.807) is 32.0 Å². The van der Waals surface area contributed by atoms with Gasteiger partial charge < -0.3 is 15.3 Å². The molecule has 7 nitrogen and oxygen atoms in total. The first-order valence-corrected chi connectivity index (χ1v) is 10.1. The lowest BCUT2D eigenvalue weighted by Crippen LogP contribution is -2.30. The van der Waals surface area contributed by atoms with Crippen LogP contribution in [-0.2, 0) is 10.0 Å². The predicted molar refractivity (Wildman–Crippen MR) is 107 cm³/mol. The van der Waals surface area contributed by atoms with Crippen LogP contribution in [0.2, 0.25) is 0 Å². The summed E-state index contributed by atoms with van der Waals surface area (Å²) in [6.07, 6.45) is 0. The van der Waals surface area contributed by atoms with Crippen molar-refractivity contribution in [2.45, 2.75) is 18.7 Å². The molecule has 0 saturated carbocycles. The fraction of sp³-hybridized carbons (Fsp3) is 0.316. The van der Waals surface area contributed by atoms with Gasteiger partial charge in [-0.25, -0.2) is 8.42 Å². The molecule has 146 valence electrons. The number of carbonyl (C=O) groups is 1. The third-order valence-electron chi connectivity index (χ3n) is 4.18. The molecule has 2 aromatic carbocycles. The molecular formula is C19H25N3O4S. The Balaban J connectivity index is 2.34. The van der Waals surface area contributed by atoms with Crippen LogP contribution in [0.15, 0.2) is 47.4 Å². The van der Waals surface area contributed by atoms with Crippen molar-refractivity contribution in [2.24, 2.45) is 0 Å². The van der Waals surface area contributed by atoms with E-state index in [0.717, 1.165) is 5.69 Å². The Morgan fingerprint density at radius 1 is 1.07 bits per heavy atom. The highest BCUT2D eigenvalue weighted by Gasteiger charge is 2.23. The fourth-order valence-corrected chi connectivity index (χ4v) is 4.09. The van der Waals surface area contributed by atoms with E-state index in [1.165, 1.54) is 22.5 Å². The normalized spacial score (nSPS) is 11.4. The average Bonchev–Trinajstić information content (AvgIpc) is 2.64. The second kappa shape index (κ2) is 8.41. The lowest BCUT2D eigenvalue weighted by atomic mass is 10.1. The molecule has 0 aliphatic carbocycles. The third-order valence-corrected chi connectivity index (χ3v) is 6.23. The fourth-order valence-electron chi connectivity index (χ4n) is 2.61. The number of rotatable bonds is 7. The quantitative estimate of drug-likeness (QED) is 0.709. The second-order valence-corrected chi connectivity index (χ2v) is 8.11. The van der Waals surface area contributed by atoms with Gasteiger partial charge in [0.2, 0.25) is 10.0 Å². The van der Waals surface area contributed by atoms with E-state index in [0.29, 0.717) is 18.7 Å². The average molecular weight is 391 g/mol. The first kappa shape index (κ1) is 20.7. The number of phenolic OH excluding ortho intramolecular Hbond substituents is 1. The van der Waals surface area contributed by atoms with Crippen molar-refractivity contribution < 1.29 is 18.3 Å². The van der Waals surface area contributed by atoms with Crippen LogP contribution in [0.4, 0.5) is 11.4 Å². The van der Waals surface area contributed by atoms with Crippen molar-refractivity contribution in [2.75, 3.05) is 37.4 Å². The number of amides is 1. The Morgan fingerprint density at radius 2 is 1.74 bits per heavy atom. The van der Waals surface area contributed by atoms with Gasteiger partial charge in [0.05, 0.1) is 10.6 Å². The summed E-state index contributed by atoms with van der Waals surface area (Å²) in [5, 5.41) is 12.7. The molecule has 8 heteroatoms. The maximum absolute atomic E-state index is 12.7. The number of hydrogen-bond acceptors (Lipinski definition) is 5. The molecule has 0 bridgehead atoms. The highest BCUT2D eigenvalue weighted by Crippen LogP contribution is 2.28. The van der Waals surface area contributed by atoms with E-state index < -0.39 is 15.9 Å².